The molecule has 1 saturated heterocycles. The van der Waals surface area contributed by atoms with E-state index in [1.807, 2.05) is 18.2 Å². The van der Waals surface area contributed by atoms with E-state index in [-0.39, 0.29) is 36.3 Å². The molecule has 3 amide bonds. The fourth-order valence-electron chi connectivity index (χ4n) is 3.90. The Hall–Kier alpha value is -3.63. The molecule has 1 aliphatic heterocycles. The van der Waals surface area contributed by atoms with Gasteiger partial charge in [0.05, 0.1) is 24.3 Å². The molecule has 1 aliphatic rings. The molecule has 0 spiro atoms. The van der Waals surface area contributed by atoms with Gasteiger partial charge in [0.1, 0.15) is 18.1 Å². The van der Waals surface area contributed by atoms with Crippen LogP contribution in [0, 0.1) is 5.82 Å². The van der Waals surface area contributed by atoms with Crippen molar-refractivity contribution in [3.8, 4) is 0 Å². The standard InChI is InChI=1S/C26H19BrFN3O4S/c27-18-5-8-22-21(11-18)17(14-30(22)15-24(32)29-12-20-2-1-9-35-20)10-23-25(33)31(26(34)36-23)13-16-3-6-19(28)7-4-16/h1-11,14H,12-13,15H2,(H,29,32)/b23-10-. The summed E-state index contributed by atoms with van der Waals surface area (Å²) in [5.74, 6) is -0.342. The average molecular weight is 568 g/mol. The number of rotatable bonds is 7. The lowest BCUT2D eigenvalue weighted by molar-refractivity contribution is -0.123. The first kappa shape index (κ1) is 24.1. The van der Waals surface area contributed by atoms with E-state index in [1.165, 1.54) is 12.1 Å². The molecular formula is C26H19BrFN3O4S. The second-order valence-electron chi connectivity index (χ2n) is 8.12. The van der Waals surface area contributed by atoms with Crippen LogP contribution in [-0.4, -0.2) is 26.5 Å². The third-order valence-corrected chi connectivity index (χ3v) is 7.04. The minimum atomic E-state index is -0.415. The van der Waals surface area contributed by atoms with Crippen molar-refractivity contribution >= 4 is 61.7 Å². The Morgan fingerprint density at radius 1 is 1.14 bits per heavy atom. The maximum atomic E-state index is 13.2. The molecule has 1 N–H and O–H groups in total. The van der Waals surface area contributed by atoms with Crippen molar-refractivity contribution in [1.29, 1.82) is 0 Å². The van der Waals surface area contributed by atoms with Crippen molar-refractivity contribution in [2.45, 2.75) is 19.6 Å². The molecule has 0 saturated carbocycles. The molecule has 2 aromatic heterocycles. The maximum Gasteiger partial charge on any atom is 0.293 e. The topological polar surface area (TPSA) is 84.5 Å². The van der Waals surface area contributed by atoms with Gasteiger partial charge < -0.3 is 14.3 Å². The number of fused-ring (bicyclic) bond motifs is 1. The Morgan fingerprint density at radius 3 is 2.69 bits per heavy atom. The number of nitrogens with zero attached hydrogens (tertiary/aromatic N) is 2. The Labute approximate surface area is 218 Å². The fourth-order valence-corrected chi connectivity index (χ4v) is 5.09. The number of furan rings is 1. The smallest absolute Gasteiger partial charge is 0.293 e. The SMILES string of the molecule is O=C(Cn1cc(/C=C2\SC(=O)N(Cc3ccc(F)cc3)C2=O)c2cc(Br)ccc21)NCc1ccco1. The van der Waals surface area contributed by atoms with E-state index in [4.69, 9.17) is 4.42 Å². The molecule has 2 aromatic carbocycles. The number of benzene rings is 2. The van der Waals surface area contributed by atoms with Gasteiger partial charge in [-0.2, -0.15) is 0 Å². The highest BCUT2D eigenvalue weighted by Gasteiger charge is 2.35. The maximum absolute atomic E-state index is 13.2. The highest BCUT2D eigenvalue weighted by molar-refractivity contribution is 9.10. The summed E-state index contributed by atoms with van der Waals surface area (Å²) in [6.07, 6.45) is 5.01. The monoisotopic (exact) mass is 567 g/mol. The van der Waals surface area contributed by atoms with Crippen molar-refractivity contribution in [2.75, 3.05) is 0 Å². The van der Waals surface area contributed by atoms with E-state index in [0.717, 1.165) is 32.0 Å². The summed E-state index contributed by atoms with van der Waals surface area (Å²) in [5.41, 5.74) is 2.17. The number of hydrogen-bond acceptors (Lipinski definition) is 5. The largest absolute Gasteiger partial charge is 0.467 e. The zero-order valence-electron chi connectivity index (χ0n) is 18.7. The van der Waals surface area contributed by atoms with Crippen LogP contribution in [0.3, 0.4) is 0 Å². The molecule has 3 heterocycles. The van der Waals surface area contributed by atoms with Gasteiger partial charge in [-0.15, -0.1) is 0 Å². The van der Waals surface area contributed by atoms with Gasteiger partial charge in [-0.25, -0.2) is 4.39 Å². The van der Waals surface area contributed by atoms with Crippen LogP contribution in [0.1, 0.15) is 16.9 Å². The summed E-state index contributed by atoms with van der Waals surface area (Å²) in [6.45, 7) is 0.412. The third-order valence-electron chi connectivity index (χ3n) is 5.64. The van der Waals surface area contributed by atoms with Crippen molar-refractivity contribution < 1.29 is 23.2 Å². The first-order valence-electron chi connectivity index (χ1n) is 10.9. The molecular weight excluding hydrogens is 549 g/mol. The van der Waals surface area contributed by atoms with Gasteiger partial charge in [-0.3, -0.25) is 19.3 Å². The zero-order valence-corrected chi connectivity index (χ0v) is 21.1. The van der Waals surface area contributed by atoms with Crippen LogP contribution in [0.25, 0.3) is 17.0 Å². The molecule has 7 nitrogen and oxygen atoms in total. The van der Waals surface area contributed by atoms with E-state index in [1.54, 1.807) is 47.4 Å². The summed E-state index contributed by atoms with van der Waals surface area (Å²) in [4.78, 5) is 39.6. The summed E-state index contributed by atoms with van der Waals surface area (Å²) in [7, 11) is 0. The Balaban J connectivity index is 1.39. The summed E-state index contributed by atoms with van der Waals surface area (Å²) in [5, 5.41) is 3.26. The number of hydrogen-bond donors (Lipinski definition) is 1. The lowest BCUT2D eigenvalue weighted by Gasteiger charge is -2.12. The zero-order chi connectivity index (χ0) is 25.2. The summed E-state index contributed by atoms with van der Waals surface area (Å²) in [6, 6.07) is 14.9. The van der Waals surface area contributed by atoms with Gasteiger partial charge in [0.2, 0.25) is 5.91 Å². The van der Waals surface area contributed by atoms with Gasteiger partial charge in [0.15, 0.2) is 0 Å². The third kappa shape index (κ3) is 5.14. The fraction of sp³-hybridized carbons (Fsp3) is 0.115. The quantitative estimate of drug-likeness (QED) is 0.290. The average Bonchev–Trinajstić information content (AvgIpc) is 3.55. The van der Waals surface area contributed by atoms with Crippen LogP contribution in [0.5, 0.6) is 0 Å². The van der Waals surface area contributed by atoms with Gasteiger partial charge >= 0.3 is 0 Å². The molecule has 0 unspecified atom stereocenters. The molecule has 5 rings (SSSR count). The van der Waals surface area contributed by atoms with Gasteiger partial charge in [0, 0.05) is 27.1 Å². The minimum absolute atomic E-state index is 0.0609. The van der Waals surface area contributed by atoms with Crippen molar-refractivity contribution in [2.24, 2.45) is 0 Å². The molecule has 10 heteroatoms. The molecule has 0 radical (unpaired) electrons. The van der Waals surface area contributed by atoms with Crippen LogP contribution in [0.4, 0.5) is 9.18 Å². The predicted molar refractivity (Wildman–Crippen MR) is 138 cm³/mol. The Morgan fingerprint density at radius 2 is 1.94 bits per heavy atom. The van der Waals surface area contributed by atoms with Crippen molar-refractivity contribution in [3.05, 3.63) is 99.1 Å². The van der Waals surface area contributed by atoms with Crippen molar-refractivity contribution in [3.63, 3.8) is 0 Å². The predicted octanol–water partition coefficient (Wildman–Crippen LogP) is 5.69. The lowest BCUT2D eigenvalue weighted by atomic mass is 10.1. The number of thioether (sulfide) groups is 1. The van der Waals surface area contributed by atoms with Gasteiger partial charge in [-0.1, -0.05) is 28.1 Å². The van der Waals surface area contributed by atoms with E-state index in [0.29, 0.717) is 16.9 Å². The molecule has 36 heavy (non-hydrogen) atoms. The van der Waals surface area contributed by atoms with E-state index >= 15 is 0 Å². The van der Waals surface area contributed by atoms with Gasteiger partial charge in [0.25, 0.3) is 11.1 Å². The number of nitrogens with one attached hydrogen (secondary N) is 1. The molecule has 1 fully saturated rings. The van der Waals surface area contributed by atoms with E-state index < -0.39 is 11.1 Å². The van der Waals surface area contributed by atoms with E-state index in [9.17, 15) is 18.8 Å². The summed E-state index contributed by atoms with van der Waals surface area (Å²) < 4.78 is 21.1. The highest BCUT2D eigenvalue weighted by atomic mass is 79.9. The van der Waals surface area contributed by atoms with Crippen LogP contribution in [-0.2, 0) is 29.2 Å². The molecule has 0 bridgehead atoms. The first-order chi connectivity index (χ1) is 17.4. The number of amides is 3. The molecule has 0 aliphatic carbocycles. The number of carbonyl (C=O) groups is 3. The number of aromatic nitrogens is 1. The second-order valence-corrected chi connectivity index (χ2v) is 10.0. The highest BCUT2D eigenvalue weighted by Crippen LogP contribution is 2.35. The van der Waals surface area contributed by atoms with Gasteiger partial charge in [-0.05, 0) is 65.9 Å². The second kappa shape index (κ2) is 10.2. The van der Waals surface area contributed by atoms with Crippen LogP contribution in [0.2, 0.25) is 0 Å². The minimum Gasteiger partial charge on any atom is -0.467 e. The van der Waals surface area contributed by atoms with Crippen LogP contribution < -0.4 is 5.32 Å². The number of carbonyl (C=O) groups excluding carboxylic acids is 3. The van der Waals surface area contributed by atoms with Crippen LogP contribution >= 0.6 is 27.7 Å². The normalized spacial score (nSPS) is 14.8. The summed E-state index contributed by atoms with van der Waals surface area (Å²) >= 11 is 4.33. The van der Waals surface area contributed by atoms with Crippen LogP contribution in [0.15, 0.2) is 80.9 Å². The van der Waals surface area contributed by atoms with E-state index in [2.05, 4.69) is 21.2 Å². The molecule has 0 atom stereocenters. The molecule has 182 valence electrons. The van der Waals surface area contributed by atoms with Crippen molar-refractivity contribution in [1.82, 2.24) is 14.8 Å². The number of halogens is 2. The Kier molecular flexibility index (Phi) is 6.80. The first-order valence-corrected chi connectivity index (χ1v) is 12.6. The molecule has 4 aromatic rings. The number of imide groups is 1. The lowest BCUT2D eigenvalue weighted by Crippen LogP contribution is -2.27. The Bertz CT molecular complexity index is 1500.